The van der Waals surface area contributed by atoms with Crippen molar-refractivity contribution in [3.8, 4) is 5.69 Å². The van der Waals surface area contributed by atoms with Gasteiger partial charge in [0.05, 0.1) is 18.1 Å². The molecular formula is C16H19FN4O. The highest BCUT2D eigenvalue weighted by atomic mass is 19.1. The Kier molecular flexibility index (Phi) is 4.20. The molecule has 1 fully saturated rings. The van der Waals surface area contributed by atoms with E-state index in [1.807, 2.05) is 0 Å². The molecule has 0 bridgehead atoms. The van der Waals surface area contributed by atoms with Gasteiger partial charge in [-0.3, -0.25) is 4.79 Å². The summed E-state index contributed by atoms with van der Waals surface area (Å²) >= 11 is 0. The van der Waals surface area contributed by atoms with Gasteiger partial charge in [-0.1, -0.05) is 12.1 Å². The molecule has 1 aliphatic rings. The summed E-state index contributed by atoms with van der Waals surface area (Å²) in [5.41, 5.74) is 0.943. The van der Waals surface area contributed by atoms with E-state index < -0.39 is 0 Å². The molecule has 1 saturated heterocycles. The predicted octanol–water partition coefficient (Wildman–Crippen LogP) is 2.34. The lowest BCUT2D eigenvalue weighted by Crippen LogP contribution is -2.40. The number of nitrogens with one attached hydrogen (secondary N) is 2. The van der Waals surface area contributed by atoms with E-state index in [1.165, 1.54) is 16.9 Å². The van der Waals surface area contributed by atoms with Crippen LogP contribution in [-0.4, -0.2) is 28.3 Å². The first-order chi connectivity index (χ1) is 10.6. The lowest BCUT2D eigenvalue weighted by molar-refractivity contribution is -0.120. The SMILES string of the molecule is C[C@H]1C[C@@H](C(=O)Nc2cnn(-c3ccccc3F)c2)CCN1. The number of carbonyl (C=O) groups is 1. The van der Waals surface area contributed by atoms with Crippen molar-refractivity contribution in [2.75, 3.05) is 11.9 Å². The Labute approximate surface area is 128 Å². The second kappa shape index (κ2) is 6.27. The van der Waals surface area contributed by atoms with Crippen molar-refractivity contribution in [2.45, 2.75) is 25.8 Å². The largest absolute Gasteiger partial charge is 0.323 e. The van der Waals surface area contributed by atoms with Crippen LogP contribution in [0.3, 0.4) is 0 Å². The summed E-state index contributed by atoms with van der Waals surface area (Å²) < 4.78 is 15.2. The Bertz CT molecular complexity index is 670. The molecule has 1 aromatic heterocycles. The van der Waals surface area contributed by atoms with E-state index in [4.69, 9.17) is 0 Å². The number of halogens is 1. The fraction of sp³-hybridized carbons (Fsp3) is 0.375. The van der Waals surface area contributed by atoms with Gasteiger partial charge in [-0.05, 0) is 38.4 Å². The lowest BCUT2D eigenvalue weighted by Gasteiger charge is -2.26. The molecule has 22 heavy (non-hydrogen) atoms. The van der Waals surface area contributed by atoms with Crippen molar-refractivity contribution in [1.29, 1.82) is 0 Å². The Morgan fingerprint density at radius 3 is 3.05 bits per heavy atom. The van der Waals surface area contributed by atoms with Gasteiger partial charge in [0.1, 0.15) is 11.5 Å². The molecule has 6 heteroatoms. The van der Waals surface area contributed by atoms with Crippen molar-refractivity contribution in [3.05, 3.63) is 42.5 Å². The molecule has 116 valence electrons. The minimum Gasteiger partial charge on any atom is -0.323 e. The van der Waals surface area contributed by atoms with Crippen molar-refractivity contribution >= 4 is 11.6 Å². The van der Waals surface area contributed by atoms with Crippen LogP contribution in [0.15, 0.2) is 36.7 Å². The maximum absolute atomic E-state index is 13.7. The molecule has 0 saturated carbocycles. The number of para-hydroxylation sites is 1. The molecule has 0 unspecified atom stereocenters. The van der Waals surface area contributed by atoms with Gasteiger partial charge < -0.3 is 10.6 Å². The minimum atomic E-state index is -0.351. The summed E-state index contributed by atoms with van der Waals surface area (Å²) in [6, 6.07) is 6.75. The number of carbonyl (C=O) groups excluding carboxylic acids is 1. The normalized spacial score (nSPS) is 21.5. The molecule has 0 aliphatic carbocycles. The van der Waals surface area contributed by atoms with E-state index >= 15 is 0 Å². The summed E-state index contributed by atoms with van der Waals surface area (Å²) in [5, 5.41) is 10.3. The number of piperidine rings is 1. The minimum absolute atomic E-state index is 0.00133. The van der Waals surface area contributed by atoms with Crippen molar-refractivity contribution in [1.82, 2.24) is 15.1 Å². The van der Waals surface area contributed by atoms with Gasteiger partial charge in [0.2, 0.25) is 5.91 Å². The molecule has 2 atom stereocenters. The van der Waals surface area contributed by atoms with Crippen molar-refractivity contribution < 1.29 is 9.18 Å². The zero-order valence-electron chi connectivity index (χ0n) is 12.4. The van der Waals surface area contributed by atoms with Gasteiger partial charge in [0.15, 0.2) is 0 Å². The van der Waals surface area contributed by atoms with E-state index in [1.54, 1.807) is 24.4 Å². The van der Waals surface area contributed by atoms with Crippen LogP contribution < -0.4 is 10.6 Å². The quantitative estimate of drug-likeness (QED) is 0.915. The zero-order chi connectivity index (χ0) is 15.5. The lowest BCUT2D eigenvalue weighted by atomic mass is 9.92. The first-order valence-corrected chi connectivity index (χ1v) is 7.47. The zero-order valence-corrected chi connectivity index (χ0v) is 12.4. The molecule has 2 aromatic rings. The molecule has 3 rings (SSSR count). The third kappa shape index (κ3) is 3.17. The van der Waals surface area contributed by atoms with Gasteiger partial charge in [-0.15, -0.1) is 0 Å². The molecule has 2 heterocycles. The third-order valence-electron chi connectivity index (χ3n) is 3.94. The molecule has 0 spiro atoms. The Balaban J connectivity index is 1.69. The van der Waals surface area contributed by atoms with Gasteiger partial charge in [0.25, 0.3) is 0 Å². The Hall–Kier alpha value is -2.21. The van der Waals surface area contributed by atoms with Crippen LogP contribution in [0.5, 0.6) is 0 Å². The van der Waals surface area contributed by atoms with Crippen molar-refractivity contribution in [2.24, 2.45) is 5.92 Å². The molecule has 0 radical (unpaired) electrons. The number of nitrogens with zero attached hydrogens (tertiary/aromatic N) is 2. The van der Waals surface area contributed by atoms with Gasteiger partial charge in [0, 0.05) is 12.0 Å². The van der Waals surface area contributed by atoms with Crippen molar-refractivity contribution in [3.63, 3.8) is 0 Å². The highest BCUT2D eigenvalue weighted by Crippen LogP contribution is 2.19. The summed E-state index contributed by atoms with van der Waals surface area (Å²) in [5.74, 6) is -0.342. The van der Waals surface area contributed by atoms with Crippen LogP contribution in [-0.2, 0) is 4.79 Å². The summed E-state index contributed by atoms with van der Waals surface area (Å²) in [4.78, 5) is 12.3. The van der Waals surface area contributed by atoms with E-state index in [2.05, 4.69) is 22.7 Å². The van der Waals surface area contributed by atoms with Gasteiger partial charge >= 0.3 is 0 Å². The fourth-order valence-electron chi connectivity index (χ4n) is 2.77. The van der Waals surface area contributed by atoms with Crippen LogP contribution in [0.25, 0.3) is 5.69 Å². The molecule has 5 nitrogen and oxygen atoms in total. The predicted molar refractivity (Wildman–Crippen MR) is 82.3 cm³/mol. The van der Waals surface area contributed by atoms with Crippen LogP contribution in [0, 0.1) is 11.7 Å². The Morgan fingerprint density at radius 1 is 1.45 bits per heavy atom. The first kappa shape index (κ1) is 14.7. The van der Waals surface area contributed by atoms with Crippen LogP contribution in [0.2, 0.25) is 0 Å². The number of anilines is 1. The number of rotatable bonds is 3. The third-order valence-corrected chi connectivity index (χ3v) is 3.94. The molecule has 1 amide bonds. The second-order valence-corrected chi connectivity index (χ2v) is 5.69. The monoisotopic (exact) mass is 302 g/mol. The Morgan fingerprint density at radius 2 is 2.27 bits per heavy atom. The van der Waals surface area contributed by atoms with Gasteiger partial charge in [-0.2, -0.15) is 5.10 Å². The van der Waals surface area contributed by atoms with E-state index in [0.29, 0.717) is 17.4 Å². The highest BCUT2D eigenvalue weighted by molar-refractivity contribution is 5.92. The molecule has 1 aromatic carbocycles. The van der Waals surface area contributed by atoms with Gasteiger partial charge in [-0.25, -0.2) is 9.07 Å². The number of hydrogen-bond acceptors (Lipinski definition) is 3. The standard InChI is InChI=1S/C16H19FN4O/c1-11-8-12(6-7-18-11)16(22)20-13-9-19-21(10-13)15-5-3-2-4-14(15)17/h2-5,9-12,18H,6-8H2,1H3,(H,20,22)/t11-,12-/m0/s1. The molecular weight excluding hydrogens is 283 g/mol. The van der Waals surface area contributed by atoms with Crippen LogP contribution in [0.1, 0.15) is 19.8 Å². The number of hydrogen-bond donors (Lipinski definition) is 2. The average Bonchev–Trinajstić information content (AvgIpc) is 2.96. The highest BCUT2D eigenvalue weighted by Gasteiger charge is 2.24. The first-order valence-electron chi connectivity index (χ1n) is 7.47. The number of benzene rings is 1. The van der Waals surface area contributed by atoms with E-state index in [9.17, 15) is 9.18 Å². The molecule has 1 aliphatic heterocycles. The fourth-order valence-corrected chi connectivity index (χ4v) is 2.77. The maximum atomic E-state index is 13.7. The topological polar surface area (TPSA) is 59.0 Å². The average molecular weight is 302 g/mol. The molecule has 2 N–H and O–H groups in total. The number of amides is 1. The summed E-state index contributed by atoms with van der Waals surface area (Å²) in [7, 11) is 0. The summed E-state index contributed by atoms with van der Waals surface area (Å²) in [6.07, 6.45) is 4.82. The maximum Gasteiger partial charge on any atom is 0.227 e. The van der Waals surface area contributed by atoms with E-state index in [-0.39, 0.29) is 17.6 Å². The van der Waals surface area contributed by atoms with Crippen LogP contribution >= 0.6 is 0 Å². The second-order valence-electron chi connectivity index (χ2n) is 5.69. The van der Waals surface area contributed by atoms with E-state index in [0.717, 1.165) is 19.4 Å². The summed E-state index contributed by atoms with van der Waals surface area (Å²) in [6.45, 7) is 2.93. The number of aromatic nitrogens is 2. The van der Waals surface area contributed by atoms with Crippen LogP contribution in [0.4, 0.5) is 10.1 Å². The smallest absolute Gasteiger partial charge is 0.227 e.